The van der Waals surface area contributed by atoms with Crippen molar-refractivity contribution in [2.45, 2.75) is 26.3 Å². The van der Waals surface area contributed by atoms with Gasteiger partial charge in [0.2, 0.25) is 5.89 Å². The highest BCUT2D eigenvalue weighted by Gasteiger charge is 2.17. The summed E-state index contributed by atoms with van der Waals surface area (Å²) in [6.45, 7) is 3.93. The molecule has 0 saturated carbocycles. The monoisotopic (exact) mass is 169 g/mol. The Morgan fingerprint density at radius 1 is 1.50 bits per heavy atom. The summed E-state index contributed by atoms with van der Waals surface area (Å²) in [6, 6.07) is 0.242. The first-order valence-corrected chi connectivity index (χ1v) is 4.11. The van der Waals surface area contributed by atoms with Crippen LogP contribution in [0.1, 0.15) is 31.1 Å². The molecule has 1 rings (SSSR count). The van der Waals surface area contributed by atoms with Crippen LogP contribution in [0.3, 0.4) is 0 Å². The Bertz CT molecular complexity index is 244. The summed E-state index contributed by atoms with van der Waals surface area (Å²) in [4.78, 5) is 6.26. The zero-order valence-corrected chi connectivity index (χ0v) is 8.03. The van der Waals surface area contributed by atoms with E-state index in [0.717, 1.165) is 6.42 Å². The maximum Gasteiger partial charge on any atom is 0.243 e. The molecule has 0 aromatic carbocycles. The van der Waals surface area contributed by atoms with Gasteiger partial charge in [0, 0.05) is 0 Å². The van der Waals surface area contributed by atoms with Crippen molar-refractivity contribution in [1.29, 1.82) is 0 Å². The maximum absolute atomic E-state index is 5.08. The van der Waals surface area contributed by atoms with Gasteiger partial charge in [-0.1, -0.05) is 12.1 Å². The molecule has 0 N–H and O–H groups in total. The molecule has 0 saturated heterocycles. The summed E-state index contributed by atoms with van der Waals surface area (Å²) in [5.74, 6) is 1.41. The second-order valence-electron chi connectivity index (χ2n) is 3.07. The van der Waals surface area contributed by atoms with E-state index in [1.54, 1.807) is 0 Å². The van der Waals surface area contributed by atoms with Crippen molar-refractivity contribution in [3.8, 4) is 0 Å². The molecule has 0 amide bonds. The highest BCUT2D eigenvalue weighted by molar-refractivity contribution is 4.90. The molecule has 0 aliphatic heterocycles. The number of hydrogen-bond donors (Lipinski definition) is 0. The zero-order chi connectivity index (χ0) is 9.14. The van der Waals surface area contributed by atoms with Crippen molar-refractivity contribution in [3.63, 3.8) is 0 Å². The Kier molecular flexibility index (Phi) is 2.81. The van der Waals surface area contributed by atoms with Gasteiger partial charge in [-0.3, -0.25) is 4.90 Å². The van der Waals surface area contributed by atoms with Crippen LogP contribution in [0, 0.1) is 6.92 Å². The van der Waals surface area contributed by atoms with Crippen molar-refractivity contribution in [1.82, 2.24) is 15.0 Å². The normalized spacial score (nSPS) is 13.8. The topological polar surface area (TPSA) is 42.2 Å². The van der Waals surface area contributed by atoms with Gasteiger partial charge in [-0.15, -0.1) is 0 Å². The summed E-state index contributed by atoms with van der Waals surface area (Å²) >= 11 is 0. The van der Waals surface area contributed by atoms with E-state index in [2.05, 4.69) is 22.0 Å². The number of rotatable bonds is 3. The molecule has 0 aliphatic carbocycles. The van der Waals surface area contributed by atoms with Gasteiger partial charge in [0.25, 0.3) is 0 Å². The Hall–Kier alpha value is -0.900. The van der Waals surface area contributed by atoms with Gasteiger partial charge in [0.15, 0.2) is 5.82 Å². The van der Waals surface area contributed by atoms with Crippen LogP contribution in [-0.4, -0.2) is 29.1 Å². The summed E-state index contributed by atoms with van der Waals surface area (Å²) in [7, 11) is 4.02. The first kappa shape index (κ1) is 9.19. The smallest absolute Gasteiger partial charge is 0.243 e. The van der Waals surface area contributed by atoms with Crippen LogP contribution in [0.5, 0.6) is 0 Å². The van der Waals surface area contributed by atoms with Crippen LogP contribution in [-0.2, 0) is 0 Å². The lowest BCUT2D eigenvalue weighted by molar-refractivity contribution is 0.224. The van der Waals surface area contributed by atoms with Crippen LogP contribution in [0.25, 0.3) is 0 Å². The highest BCUT2D eigenvalue weighted by atomic mass is 16.5. The van der Waals surface area contributed by atoms with E-state index in [1.807, 2.05) is 21.0 Å². The largest absolute Gasteiger partial charge is 0.338 e. The minimum atomic E-state index is 0.242. The van der Waals surface area contributed by atoms with E-state index < -0.39 is 0 Å². The van der Waals surface area contributed by atoms with Gasteiger partial charge < -0.3 is 4.52 Å². The molecule has 1 unspecified atom stereocenters. The van der Waals surface area contributed by atoms with Gasteiger partial charge in [0.1, 0.15) is 0 Å². The third-order valence-corrected chi connectivity index (χ3v) is 1.84. The Morgan fingerprint density at radius 3 is 2.50 bits per heavy atom. The minimum Gasteiger partial charge on any atom is -0.338 e. The van der Waals surface area contributed by atoms with Crippen molar-refractivity contribution in [3.05, 3.63) is 11.7 Å². The van der Waals surface area contributed by atoms with Gasteiger partial charge >= 0.3 is 0 Å². The number of nitrogens with zero attached hydrogens (tertiary/aromatic N) is 3. The summed E-state index contributed by atoms with van der Waals surface area (Å²) in [5, 5.41) is 3.76. The van der Waals surface area contributed by atoms with E-state index >= 15 is 0 Å². The predicted octanol–water partition coefficient (Wildman–Crippen LogP) is 1.39. The first-order chi connectivity index (χ1) is 5.65. The fraction of sp³-hybridized carbons (Fsp3) is 0.750. The Balaban J connectivity index is 2.80. The molecule has 0 aliphatic rings. The lowest BCUT2D eigenvalue weighted by Crippen LogP contribution is -2.19. The number of aryl methyl sites for hydroxylation is 1. The fourth-order valence-electron chi connectivity index (χ4n) is 1.21. The number of aromatic nitrogens is 2. The molecule has 4 nitrogen and oxygen atoms in total. The van der Waals surface area contributed by atoms with Crippen LogP contribution < -0.4 is 0 Å². The van der Waals surface area contributed by atoms with E-state index in [0.29, 0.717) is 11.7 Å². The standard InChI is InChI=1S/C8H15N3O/c1-5-7(11(3)4)8-9-6(2)10-12-8/h7H,5H2,1-4H3. The summed E-state index contributed by atoms with van der Waals surface area (Å²) in [5.41, 5.74) is 0. The molecule has 1 heterocycles. The van der Waals surface area contributed by atoms with Crippen molar-refractivity contribution >= 4 is 0 Å². The second-order valence-corrected chi connectivity index (χ2v) is 3.07. The Labute approximate surface area is 72.6 Å². The van der Waals surface area contributed by atoms with Gasteiger partial charge in [-0.2, -0.15) is 4.98 Å². The molecule has 0 radical (unpaired) electrons. The molecule has 4 heteroatoms. The Morgan fingerprint density at radius 2 is 2.17 bits per heavy atom. The summed E-state index contributed by atoms with van der Waals surface area (Å²) < 4.78 is 5.08. The quantitative estimate of drug-likeness (QED) is 0.685. The van der Waals surface area contributed by atoms with Crippen molar-refractivity contribution < 1.29 is 4.52 Å². The molecule has 1 aromatic rings. The lowest BCUT2D eigenvalue weighted by atomic mass is 10.2. The van der Waals surface area contributed by atoms with E-state index in [-0.39, 0.29) is 6.04 Å². The van der Waals surface area contributed by atoms with Crippen LogP contribution in [0.2, 0.25) is 0 Å². The lowest BCUT2D eigenvalue weighted by Gasteiger charge is -2.17. The van der Waals surface area contributed by atoms with Gasteiger partial charge in [0.05, 0.1) is 6.04 Å². The van der Waals surface area contributed by atoms with Gasteiger partial charge in [-0.05, 0) is 27.4 Å². The van der Waals surface area contributed by atoms with Crippen molar-refractivity contribution in [2.75, 3.05) is 14.1 Å². The molecule has 68 valence electrons. The van der Waals surface area contributed by atoms with E-state index in [1.165, 1.54) is 0 Å². The third kappa shape index (κ3) is 1.82. The van der Waals surface area contributed by atoms with E-state index in [4.69, 9.17) is 4.52 Å². The van der Waals surface area contributed by atoms with Gasteiger partial charge in [-0.25, -0.2) is 0 Å². The molecule has 0 spiro atoms. The van der Waals surface area contributed by atoms with Crippen LogP contribution in [0.15, 0.2) is 4.52 Å². The average molecular weight is 169 g/mol. The van der Waals surface area contributed by atoms with Crippen LogP contribution in [0.4, 0.5) is 0 Å². The SMILES string of the molecule is CCC(c1nc(C)no1)N(C)C. The van der Waals surface area contributed by atoms with Crippen molar-refractivity contribution in [2.24, 2.45) is 0 Å². The molecule has 0 fully saturated rings. The average Bonchev–Trinajstić information content (AvgIpc) is 2.37. The molecule has 1 atom stereocenters. The zero-order valence-electron chi connectivity index (χ0n) is 8.03. The second kappa shape index (κ2) is 3.67. The summed E-state index contributed by atoms with van der Waals surface area (Å²) in [6.07, 6.45) is 0.981. The first-order valence-electron chi connectivity index (χ1n) is 4.11. The molecular formula is C8H15N3O. The highest BCUT2D eigenvalue weighted by Crippen LogP contribution is 2.18. The molecule has 12 heavy (non-hydrogen) atoms. The molecule has 0 bridgehead atoms. The van der Waals surface area contributed by atoms with E-state index in [9.17, 15) is 0 Å². The molecular weight excluding hydrogens is 154 g/mol. The predicted molar refractivity (Wildman–Crippen MR) is 45.8 cm³/mol. The molecule has 1 aromatic heterocycles. The maximum atomic E-state index is 5.08. The third-order valence-electron chi connectivity index (χ3n) is 1.84. The van der Waals surface area contributed by atoms with Crippen LogP contribution >= 0.6 is 0 Å². The fourth-order valence-corrected chi connectivity index (χ4v) is 1.21. The number of hydrogen-bond acceptors (Lipinski definition) is 4. The minimum absolute atomic E-state index is 0.242.